The van der Waals surface area contributed by atoms with Gasteiger partial charge in [-0.25, -0.2) is 9.97 Å². The fraction of sp³-hybridized carbons (Fsp3) is 0.125. The average molecular weight is 395 g/mol. The highest BCUT2D eigenvalue weighted by molar-refractivity contribution is 5.82. The number of anilines is 1. The molecule has 1 aliphatic rings. The Hall–Kier alpha value is -3.93. The zero-order valence-corrected chi connectivity index (χ0v) is 16.6. The van der Waals surface area contributed by atoms with Gasteiger partial charge in [-0.05, 0) is 44.0 Å². The first-order valence-electron chi connectivity index (χ1n) is 9.95. The number of fused-ring (bicyclic) bond motifs is 1. The Labute approximate surface area is 173 Å². The molecule has 1 aromatic carbocycles. The third-order valence-electron chi connectivity index (χ3n) is 5.22. The van der Waals surface area contributed by atoms with Gasteiger partial charge in [0.1, 0.15) is 11.5 Å². The first-order chi connectivity index (χ1) is 14.7. The summed E-state index contributed by atoms with van der Waals surface area (Å²) in [7, 11) is 0. The van der Waals surface area contributed by atoms with Crippen molar-refractivity contribution < 1.29 is 0 Å². The maximum atomic E-state index is 13.1. The molecule has 0 fully saturated rings. The number of aromatic nitrogens is 4. The lowest BCUT2D eigenvalue weighted by Crippen LogP contribution is -2.16. The van der Waals surface area contributed by atoms with Crippen molar-refractivity contribution in [2.75, 3.05) is 5.32 Å². The van der Waals surface area contributed by atoms with Gasteiger partial charge in [-0.15, -0.1) is 0 Å². The summed E-state index contributed by atoms with van der Waals surface area (Å²) >= 11 is 0. The molecular formula is C24H21N5O. The van der Waals surface area contributed by atoms with Crippen molar-refractivity contribution >= 4 is 16.9 Å². The number of imidazole rings is 1. The zero-order chi connectivity index (χ0) is 20.5. The Balaban J connectivity index is 1.78. The summed E-state index contributed by atoms with van der Waals surface area (Å²) in [4.78, 5) is 22.1. The van der Waals surface area contributed by atoms with Crippen LogP contribution in [0.5, 0.6) is 0 Å². The molecule has 4 aromatic rings. The third-order valence-corrected chi connectivity index (χ3v) is 5.22. The molecule has 0 spiro atoms. The SMILES string of the molecule is Cc1nc2c(cc1-n1ccnc1)c(=O)cc(NC1=CCCC=C1)n2-c1ccccc1. The van der Waals surface area contributed by atoms with Crippen LogP contribution < -0.4 is 10.7 Å². The van der Waals surface area contributed by atoms with Gasteiger partial charge in [0, 0.05) is 29.8 Å². The molecule has 6 nitrogen and oxygen atoms in total. The number of para-hydroxylation sites is 1. The summed E-state index contributed by atoms with van der Waals surface area (Å²) in [6, 6.07) is 13.5. The van der Waals surface area contributed by atoms with E-state index in [0.717, 1.165) is 35.6 Å². The van der Waals surface area contributed by atoms with E-state index < -0.39 is 0 Å². The topological polar surface area (TPSA) is 64.7 Å². The van der Waals surface area contributed by atoms with Crippen LogP contribution in [0.2, 0.25) is 0 Å². The van der Waals surface area contributed by atoms with E-state index in [2.05, 4.69) is 22.5 Å². The predicted octanol–water partition coefficient (Wildman–Crippen LogP) is 4.53. The van der Waals surface area contributed by atoms with E-state index in [0.29, 0.717) is 16.9 Å². The van der Waals surface area contributed by atoms with Gasteiger partial charge in [-0.3, -0.25) is 9.36 Å². The van der Waals surface area contributed by atoms with E-state index >= 15 is 0 Å². The Morgan fingerprint density at radius 2 is 1.97 bits per heavy atom. The second kappa shape index (κ2) is 7.48. The van der Waals surface area contributed by atoms with Gasteiger partial charge in [0.05, 0.1) is 23.1 Å². The minimum atomic E-state index is -0.0751. The van der Waals surface area contributed by atoms with Gasteiger partial charge >= 0.3 is 0 Å². The maximum Gasteiger partial charge on any atom is 0.193 e. The number of nitrogens with zero attached hydrogens (tertiary/aromatic N) is 4. The molecule has 30 heavy (non-hydrogen) atoms. The van der Waals surface area contributed by atoms with Crippen LogP contribution in [0.1, 0.15) is 18.5 Å². The number of nitrogens with one attached hydrogen (secondary N) is 1. The Kier molecular flexibility index (Phi) is 4.52. The zero-order valence-electron chi connectivity index (χ0n) is 16.6. The smallest absolute Gasteiger partial charge is 0.193 e. The third kappa shape index (κ3) is 3.22. The van der Waals surface area contributed by atoms with Crippen molar-refractivity contribution in [2.24, 2.45) is 0 Å². The Bertz CT molecular complexity index is 1330. The summed E-state index contributed by atoms with van der Waals surface area (Å²) in [6.07, 6.45) is 13.6. The van der Waals surface area contributed by atoms with Crippen molar-refractivity contribution in [3.63, 3.8) is 0 Å². The minimum absolute atomic E-state index is 0.0751. The highest BCUT2D eigenvalue weighted by atomic mass is 16.1. The molecule has 6 heteroatoms. The predicted molar refractivity (Wildman–Crippen MR) is 119 cm³/mol. The molecule has 1 aliphatic carbocycles. The number of pyridine rings is 2. The first kappa shape index (κ1) is 18.1. The van der Waals surface area contributed by atoms with Gasteiger partial charge in [0.25, 0.3) is 0 Å². The number of aryl methyl sites for hydroxylation is 1. The van der Waals surface area contributed by atoms with Gasteiger partial charge < -0.3 is 9.88 Å². The van der Waals surface area contributed by atoms with Gasteiger partial charge in [-0.2, -0.15) is 0 Å². The van der Waals surface area contributed by atoms with Crippen LogP contribution in [-0.4, -0.2) is 19.1 Å². The van der Waals surface area contributed by atoms with E-state index in [1.165, 1.54) is 0 Å². The largest absolute Gasteiger partial charge is 0.341 e. The molecule has 0 unspecified atom stereocenters. The molecule has 0 radical (unpaired) electrons. The van der Waals surface area contributed by atoms with E-state index in [1.807, 2.05) is 64.7 Å². The van der Waals surface area contributed by atoms with Crippen molar-refractivity contribution in [3.8, 4) is 11.4 Å². The van der Waals surface area contributed by atoms with E-state index in [-0.39, 0.29) is 5.43 Å². The molecule has 0 atom stereocenters. The van der Waals surface area contributed by atoms with Crippen LogP contribution in [0.15, 0.2) is 89.9 Å². The molecular weight excluding hydrogens is 374 g/mol. The lowest BCUT2D eigenvalue weighted by molar-refractivity contribution is 0.988. The second-order valence-corrected chi connectivity index (χ2v) is 7.26. The second-order valence-electron chi connectivity index (χ2n) is 7.26. The summed E-state index contributed by atoms with van der Waals surface area (Å²) in [6.45, 7) is 1.95. The van der Waals surface area contributed by atoms with Crippen molar-refractivity contribution in [3.05, 3.63) is 101 Å². The number of hydrogen-bond donors (Lipinski definition) is 1. The van der Waals surface area contributed by atoms with Gasteiger partial charge in [0.2, 0.25) is 0 Å². The van der Waals surface area contributed by atoms with Crippen LogP contribution >= 0.6 is 0 Å². The monoisotopic (exact) mass is 395 g/mol. The number of hydrogen-bond acceptors (Lipinski definition) is 4. The lowest BCUT2D eigenvalue weighted by atomic mass is 10.1. The van der Waals surface area contributed by atoms with Crippen LogP contribution in [0.4, 0.5) is 5.82 Å². The molecule has 148 valence electrons. The molecule has 0 saturated carbocycles. The quantitative estimate of drug-likeness (QED) is 0.552. The summed E-state index contributed by atoms with van der Waals surface area (Å²) in [5, 5.41) is 3.99. The molecule has 3 heterocycles. The molecule has 0 saturated heterocycles. The fourth-order valence-corrected chi connectivity index (χ4v) is 3.76. The van der Waals surface area contributed by atoms with Crippen LogP contribution in [0.3, 0.4) is 0 Å². The van der Waals surface area contributed by atoms with E-state index in [4.69, 9.17) is 4.98 Å². The fourth-order valence-electron chi connectivity index (χ4n) is 3.76. The summed E-state index contributed by atoms with van der Waals surface area (Å²) < 4.78 is 3.88. The molecule has 1 N–H and O–H groups in total. The lowest BCUT2D eigenvalue weighted by Gasteiger charge is -2.20. The van der Waals surface area contributed by atoms with Crippen LogP contribution in [0.25, 0.3) is 22.4 Å². The van der Waals surface area contributed by atoms with E-state index in [9.17, 15) is 4.79 Å². The number of allylic oxidation sites excluding steroid dienone is 3. The van der Waals surface area contributed by atoms with Gasteiger partial charge in [0.15, 0.2) is 5.43 Å². The maximum absolute atomic E-state index is 13.1. The molecule has 0 bridgehead atoms. The number of benzene rings is 1. The molecule has 0 amide bonds. The first-order valence-corrected chi connectivity index (χ1v) is 9.95. The van der Waals surface area contributed by atoms with Gasteiger partial charge in [-0.1, -0.05) is 30.4 Å². The summed E-state index contributed by atoms with van der Waals surface area (Å²) in [5.41, 5.74) is 4.13. The van der Waals surface area contributed by atoms with Crippen molar-refractivity contribution in [1.29, 1.82) is 0 Å². The van der Waals surface area contributed by atoms with Crippen molar-refractivity contribution in [1.82, 2.24) is 19.1 Å². The van der Waals surface area contributed by atoms with E-state index in [1.54, 1.807) is 18.6 Å². The minimum Gasteiger partial charge on any atom is -0.341 e. The molecule has 5 rings (SSSR count). The Morgan fingerprint density at radius 1 is 1.10 bits per heavy atom. The van der Waals surface area contributed by atoms with Crippen molar-refractivity contribution in [2.45, 2.75) is 19.8 Å². The highest BCUT2D eigenvalue weighted by Gasteiger charge is 2.16. The van der Waals surface area contributed by atoms with Crippen LogP contribution in [0, 0.1) is 6.92 Å². The van der Waals surface area contributed by atoms with Crippen LogP contribution in [-0.2, 0) is 0 Å². The molecule has 3 aromatic heterocycles. The summed E-state index contributed by atoms with van der Waals surface area (Å²) in [5.74, 6) is 0.693. The standard InChI is InChI=1S/C24H21N5O/c1-17-21(28-13-12-25-16-28)14-20-22(30)15-23(27-18-8-4-2-5-9-18)29(24(20)26-17)19-10-6-3-7-11-19/h3-4,6-16,27H,2,5H2,1H3. The normalized spacial score (nSPS) is 13.4. The Morgan fingerprint density at radius 3 is 2.70 bits per heavy atom. The molecule has 0 aliphatic heterocycles. The number of rotatable bonds is 4. The highest BCUT2D eigenvalue weighted by Crippen LogP contribution is 2.26. The average Bonchev–Trinajstić information content (AvgIpc) is 3.30.